The minimum Gasteiger partial charge on any atom is -0.383 e. The van der Waals surface area contributed by atoms with Crippen molar-refractivity contribution in [1.29, 1.82) is 0 Å². The topological polar surface area (TPSA) is 92.9 Å². The van der Waals surface area contributed by atoms with E-state index in [4.69, 9.17) is 5.73 Å². The number of carbonyl (C=O) groups excluding carboxylic acids is 1. The Morgan fingerprint density at radius 2 is 1.84 bits per heavy atom. The molecule has 4 aromatic rings. The summed E-state index contributed by atoms with van der Waals surface area (Å²) in [5.74, 6) is -0.452. The highest BCUT2D eigenvalue weighted by molar-refractivity contribution is 7.07. The molecule has 162 valence electrons. The third kappa shape index (κ3) is 6.00. The molecule has 6 nitrogen and oxygen atoms in total. The number of carbonyl (C=O) groups is 1. The van der Waals surface area contributed by atoms with Gasteiger partial charge in [-0.25, -0.2) is 4.98 Å². The Bertz CT molecular complexity index is 1130. The van der Waals surface area contributed by atoms with Crippen LogP contribution in [0, 0.1) is 0 Å². The van der Waals surface area contributed by atoms with E-state index < -0.39 is 5.91 Å². The molecule has 1 atom stereocenters. The van der Waals surface area contributed by atoms with E-state index in [-0.39, 0.29) is 6.04 Å². The second-order valence-electron chi connectivity index (χ2n) is 7.53. The molecule has 1 amide bonds. The molecule has 0 saturated heterocycles. The lowest BCUT2D eigenvalue weighted by Gasteiger charge is -2.20. The number of benzene rings is 2. The second kappa shape index (κ2) is 10.7. The molecular weight excluding hydrogens is 418 g/mol. The molecule has 2 aromatic heterocycles. The van der Waals surface area contributed by atoms with Crippen molar-refractivity contribution in [3.63, 3.8) is 0 Å². The van der Waals surface area contributed by atoms with Crippen LogP contribution in [0.15, 0.2) is 83.9 Å². The summed E-state index contributed by atoms with van der Waals surface area (Å²) in [5, 5.41) is 9.16. The van der Waals surface area contributed by atoms with Gasteiger partial charge < -0.3 is 16.4 Å². The summed E-state index contributed by atoms with van der Waals surface area (Å²) in [6.07, 6.45) is 4.33. The van der Waals surface area contributed by atoms with Gasteiger partial charge in [-0.2, -0.15) is 0 Å². The molecule has 0 saturated carbocycles. The first kappa shape index (κ1) is 21.7. The van der Waals surface area contributed by atoms with Gasteiger partial charge in [0.05, 0.1) is 11.2 Å². The highest BCUT2D eigenvalue weighted by Gasteiger charge is 2.12. The molecule has 0 aliphatic rings. The normalized spacial score (nSPS) is 11.8. The fraction of sp³-hybridized carbons (Fsp3) is 0.160. The number of anilines is 1. The summed E-state index contributed by atoms with van der Waals surface area (Å²) < 4.78 is 0. The summed E-state index contributed by atoms with van der Waals surface area (Å²) in [4.78, 5) is 20.4. The molecule has 0 spiro atoms. The zero-order valence-corrected chi connectivity index (χ0v) is 18.4. The van der Waals surface area contributed by atoms with E-state index >= 15 is 0 Å². The number of nitrogens with two attached hydrogens (primary N) is 1. The van der Waals surface area contributed by atoms with Gasteiger partial charge in [0, 0.05) is 48.2 Å². The van der Waals surface area contributed by atoms with E-state index in [9.17, 15) is 4.79 Å². The number of pyridine rings is 1. The first-order valence-corrected chi connectivity index (χ1v) is 11.4. The van der Waals surface area contributed by atoms with Crippen molar-refractivity contribution in [3.8, 4) is 11.1 Å². The minimum atomic E-state index is -0.452. The highest BCUT2D eigenvalue weighted by Crippen LogP contribution is 2.24. The maximum atomic E-state index is 11.9. The summed E-state index contributed by atoms with van der Waals surface area (Å²) in [6, 6.07) is 20.0. The summed E-state index contributed by atoms with van der Waals surface area (Å²) >= 11 is 1.59. The van der Waals surface area contributed by atoms with E-state index in [0.29, 0.717) is 18.7 Å². The van der Waals surface area contributed by atoms with Crippen LogP contribution < -0.4 is 16.4 Å². The van der Waals surface area contributed by atoms with Gasteiger partial charge >= 0.3 is 0 Å². The third-order valence-electron chi connectivity index (χ3n) is 5.16. The van der Waals surface area contributed by atoms with Crippen LogP contribution in [0.2, 0.25) is 0 Å². The molecule has 7 heteroatoms. The number of thiazole rings is 1. The van der Waals surface area contributed by atoms with Gasteiger partial charge in [-0.3, -0.25) is 9.78 Å². The Labute approximate surface area is 191 Å². The Morgan fingerprint density at radius 3 is 2.56 bits per heavy atom. The Hall–Kier alpha value is -3.55. The molecule has 0 fully saturated rings. The van der Waals surface area contributed by atoms with Crippen molar-refractivity contribution in [2.24, 2.45) is 5.73 Å². The second-order valence-corrected chi connectivity index (χ2v) is 8.25. The van der Waals surface area contributed by atoms with Gasteiger partial charge in [-0.15, -0.1) is 11.3 Å². The predicted molar refractivity (Wildman–Crippen MR) is 130 cm³/mol. The SMILES string of the molecule is NC(=O)c1cc(NCC(Cc2ccccc2)NCc2cscn2)cc(-c2ccncc2)c1. The first-order valence-electron chi connectivity index (χ1n) is 10.4. The summed E-state index contributed by atoms with van der Waals surface area (Å²) in [6.45, 7) is 1.38. The maximum absolute atomic E-state index is 11.9. The number of rotatable bonds is 10. The van der Waals surface area contributed by atoms with E-state index in [1.165, 1.54) is 5.56 Å². The maximum Gasteiger partial charge on any atom is 0.248 e. The average Bonchev–Trinajstić information content (AvgIpc) is 3.35. The molecule has 1 unspecified atom stereocenters. The lowest BCUT2D eigenvalue weighted by atomic mass is 10.0. The Kier molecular flexibility index (Phi) is 7.22. The van der Waals surface area contributed by atoms with Gasteiger partial charge in [0.15, 0.2) is 0 Å². The highest BCUT2D eigenvalue weighted by atomic mass is 32.1. The van der Waals surface area contributed by atoms with Crippen molar-refractivity contribution in [2.45, 2.75) is 19.0 Å². The van der Waals surface area contributed by atoms with Crippen LogP contribution in [0.3, 0.4) is 0 Å². The zero-order valence-electron chi connectivity index (χ0n) is 17.6. The lowest BCUT2D eigenvalue weighted by Crippen LogP contribution is -2.37. The van der Waals surface area contributed by atoms with Crippen molar-refractivity contribution in [3.05, 3.63) is 101 Å². The molecular formula is C25H25N5OS. The number of hydrogen-bond acceptors (Lipinski definition) is 6. The van der Waals surface area contributed by atoms with Crippen molar-refractivity contribution in [1.82, 2.24) is 15.3 Å². The molecule has 0 radical (unpaired) electrons. The van der Waals surface area contributed by atoms with Crippen LogP contribution in [0.4, 0.5) is 5.69 Å². The first-order chi connectivity index (χ1) is 15.7. The molecule has 4 N–H and O–H groups in total. The fourth-order valence-electron chi connectivity index (χ4n) is 3.51. The molecule has 2 heterocycles. The van der Waals surface area contributed by atoms with Gasteiger partial charge in [0.25, 0.3) is 0 Å². The molecule has 0 aliphatic heterocycles. The lowest BCUT2D eigenvalue weighted by molar-refractivity contribution is 0.100. The number of primary amides is 1. The van der Waals surface area contributed by atoms with Crippen LogP contribution in [0.1, 0.15) is 21.6 Å². The van der Waals surface area contributed by atoms with Crippen LogP contribution in [-0.2, 0) is 13.0 Å². The third-order valence-corrected chi connectivity index (χ3v) is 5.80. The largest absolute Gasteiger partial charge is 0.383 e. The molecule has 0 bridgehead atoms. The molecule has 32 heavy (non-hydrogen) atoms. The summed E-state index contributed by atoms with van der Waals surface area (Å²) in [7, 11) is 0. The smallest absolute Gasteiger partial charge is 0.248 e. The van der Waals surface area contributed by atoms with E-state index in [2.05, 4.69) is 50.2 Å². The van der Waals surface area contributed by atoms with Gasteiger partial charge in [0.2, 0.25) is 5.91 Å². The van der Waals surface area contributed by atoms with Gasteiger partial charge in [-0.05, 0) is 53.4 Å². The molecule has 0 aliphatic carbocycles. The standard InChI is InChI=1S/C25H25N5OS/c26-25(31)21-11-20(19-6-8-27-9-7-19)12-22(13-21)28-14-23(10-18-4-2-1-3-5-18)29-15-24-16-32-17-30-24/h1-9,11-13,16-17,23,28-29H,10,14-15H2,(H2,26,31). The van der Waals surface area contributed by atoms with Crippen LogP contribution in [0.25, 0.3) is 11.1 Å². The van der Waals surface area contributed by atoms with E-state index in [0.717, 1.165) is 28.9 Å². The van der Waals surface area contributed by atoms with Crippen molar-refractivity contribution >= 4 is 22.9 Å². The number of nitrogens with one attached hydrogen (secondary N) is 2. The van der Waals surface area contributed by atoms with Crippen LogP contribution in [0.5, 0.6) is 0 Å². The quantitative estimate of drug-likeness (QED) is 0.343. The zero-order chi connectivity index (χ0) is 22.2. The summed E-state index contributed by atoms with van der Waals surface area (Å²) in [5.41, 5.74) is 12.9. The number of nitrogens with zero attached hydrogens (tertiary/aromatic N) is 2. The monoisotopic (exact) mass is 443 g/mol. The minimum absolute atomic E-state index is 0.167. The number of amides is 1. The van der Waals surface area contributed by atoms with Crippen LogP contribution >= 0.6 is 11.3 Å². The van der Waals surface area contributed by atoms with Crippen molar-refractivity contribution in [2.75, 3.05) is 11.9 Å². The van der Waals surface area contributed by atoms with E-state index in [1.54, 1.807) is 29.8 Å². The van der Waals surface area contributed by atoms with E-state index in [1.807, 2.05) is 35.8 Å². The predicted octanol–water partition coefficient (Wildman–Crippen LogP) is 4.12. The molecule has 4 rings (SSSR count). The number of hydrogen-bond donors (Lipinski definition) is 3. The van der Waals surface area contributed by atoms with Crippen LogP contribution in [-0.4, -0.2) is 28.5 Å². The number of aromatic nitrogens is 2. The van der Waals surface area contributed by atoms with Gasteiger partial charge in [0.1, 0.15) is 0 Å². The Morgan fingerprint density at radius 1 is 1.03 bits per heavy atom. The molecule has 2 aromatic carbocycles. The fourth-order valence-corrected chi connectivity index (χ4v) is 4.07. The Balaban J connectivity index is 1.51. The van der Waals surface area contributed by atoms with Crippen molar-refractivity contribution < 1.29 is 4.79 Å². The average molecular weight is 444 g/mol. The van der Waals surface area contributed by atoms with Gasteiger partial charge in [-0.1, -0.05) is 30.3 Å².